The molecule has 0 spiro atoms. The zero-order chi connectivity index (χ0) is 5.82. The van der Waals surface area contributed by atoms with Gasteiger partial charge in [-0.2, -0.15) is 4.99 Å². The minimum Gasteiger partial charge on any atom is -0.275 e. The fourth-order valence-electron chi connectivity index (χ4n) is 0.413. The predicted octanol–water partition coefficient (Wildman–Crippen LogP) is 1.23. The first kappa shape index (κ1) is 5.15. The quantitative estimate of drug-likeness (QED) is 0.479. The Hall–Kier alpha value is -0.990. The van der Waals surface area contributed by atoms with Gasteiger partial charge in [-0.05, 0) is 11.6 Å². The van der Waals surface area contributed by atoms with E-state index in [1.165, 1.54) is 6.26 Å². The lowest BCUT2D eigenvalue weighted by atomic mass is 10.3. The number of hydrogen-bond acceptors (Lipinski definition) is 3. The van der Waals surface area contributed by atoms with E-state index in [1.807, 2.05) is 6.92 Å². The monoisotopic (exact) mass is 113 g/mol. The molecule has 0 aromatic carbocycles. The molecule has 3 heteroatoms. The normalized spacial score (nSPS) is 16.4. The molecule has 1 rings (SSSR count). The summed E-state index contributed by atoms with van der Waals surface area (Å²) in [5.74, 6) is 0. The van der Waals surface area contributed by atoms with Gasteiger partial charge in [-0.25, -0.2) is 0 Å². The molecule has 0 radical (unpaired) electrons. The lowest BCUT2D eigenvalue weighted by molar-refractivity contribution is -0.252. The first-order valence-electron chi connectivity index (χ1n) is 2.49. The van der Waals surface area contributed by atoms with Gasteiger partial charge in [0.15, 0.2) is 0 Å². The lowest BCUT2D eigenvalue weighted by Gasteiger charge is -2.00. The number of oxime groups is 1. The highest BCUT2D eigenvalue weighted by atomic mass is 17.3. The Morgan fingerprint density at radius 3 is 3.00 bits per heavy atom. The van der Waals surface area contributed by atoms with Crippen molar-refractivity contribution in [2.45, 2.75) is 13.3 Å². The van der Waals surface area contributed by atoms with Gasteiger partial charge in [-0.1, -0.05) is 6.92 Å². The molecule has 0 amide bonds. The minimum atomic E-state index is 0.875. The van der Waals surface area contributed by atoms with Crippen molar-refractivity contribution in [3.05, 3.63) is 12.3 Å². The van der Waals surface area contributed by atoms with E-state index in [0.717, 1.165) is 12.1 Å². The topological polar surface area (TPSA) is 30.8 Å². The molecule has 3 nitrogen and oxygen atoms in total. The second-order valence-corrected chi connectivity index (χ2v) is 1.41. The summed E-state index contributed by atoms with van der Waals surface area (Å²) in [5, 5.41) is 3.56. The molecule has 0 unspecified atom stereocenters. The van der Waals surface area contributed by atoms with Gasteiger partial charge in [0, 0.05) is 6.08 Å². The van der Waals surface area contributed by atoms with Crippen LogP contribution >= 0.6 is 0 Å². The molecule has 0 N–H and O–H groups in total. The van der Waals surface area contributed by atoms with E-state index in [2.05, 4.69) is 15.0 Å². The largest absolute Gasteiger partial charge is 0.275 e. The molecule has 0 fully saturated rings. The molecule has 44 valence electrons. The molecule has 0 aliphatic carbocycles. The van der Waals surface area contributed by atoms with Crippen LogP contribution in [-0.2, 0) is 9.88 Å². The van der Waals surface area contributed by atoms with E-state index in [1.54, 1.807) is 6.08 Å². The molecule has 8 heavy (non-hydrogen) atoms. The molecular weight excluding hydrogens is 106 g/mol. The van der Waals surface area contributed by atoms with Crippen LogP contribution in [0.15, 0.2) is 17.5 Å². The van der Waals surface area contributed by atoms with Gasteiger partial charge in [-0.3, -0.25) is 4.89 Å². The second-order valence-electron chi connectivity index (χ2n) is 1.41. The zero-order valence-corrected chi connectivity index (χ0v) is 4.63. The van der Waals surface area contributed by atoms with Gasteiger partial charge < -0.3 is 0 Å². The average molecular weight is 113 g/mol. The van der Waals surface area contributed by atoms with Crippen LogP contribution in [0.25, 0.3) is 0 Å². The summed E-state index contributed by atoms with van der Waals surface area (Å²) >= 11 is 0. The third-order valence-corrected chi connectivity index (χ3v) is 0.876. The van der Waals surface area contributed by atoms with Crippen molar-refractivity contribution in [3.63, 3.8) is 0 Å². The number of nitrogens with zero attached hydrogens (tertiary/aromatic N) is 1. The number of allylic oxidation sites excluding steroid dienone is 1. The van der Waals surface area contributed by atoms with Gasteiger partial charge in [-0.15, -0.1) is 0 Å². The standard InChI is InChI=1S/C5H7NO2/c1-2-5-3-4-7-8-6-5/h3-4H,2H2,1H3. The number of hydrogen-bond donors (Lipinski definition) is 0. The van der Waals surface area contributed by atoms with Crippen LogP contribution in [0.2, 0.25) is 0 Å². The third-order valence-electron chi connectivity index (χ3n) is 0.876. The van der Waals surface area contributed by atoms with Crippen LogP contribution in [0.5, 0.6) is 0 Å². The Morgan fingerprint density at radius 1 is 1.75 bits per heavy atom. The fourth-order valence-corrected chi connectivity index (χ4v) is 0.413. The highest BCUT2D eigenvalue weighted by molar-refractivity contribution is 5.94. The maximum Gasteiger partial charge on any atom is 0.147 e. The molecule has 0 bridgehead atoms. The van der Waals surface area contributed by atoms with E-state index in [0.29, 0.717) is 0 Å². The minimum absolute atomic E-state index is 0.875. The molecular formula is C5H7NO2. The van der Waals surface area contributed by atoms with E-state index >= 15 is 0 Å². The summed E-state index contributed by atoms with van der Waals surface area (Å²) in [6, 6.07) is 0. The Balaban J connectivity index is 2.51. The Labute approximate surface area is 47.5 Å². The summed E-state index contributed by atoms with van der Waals surface area (Å²) in [6.07, 6.45) is 4.11. The molecule has 0 aromatic heterocycles. The van der Waals surface area contributed by atoms with E-state index < -0.39 is 0 Å². The SMILES string of the molecule is CCC1=NOOC=C1. The van der Waals surface area contributed by atoms with Crippen molar-refractivity contribution in [3.8, 4) is 0 Å². The molecule has 1 aliphatic rings. The van der Waals surface area contributed by atoms with Crippen molar-refractivity contribution in [1.29, 1.82) is 0 Å². The number of rotatable bonds is 1. The van der Waals surface area contributed by atoms with Crippen LogP contribution in [0.3, 0.4) is 0 Å². The molecule has 0 saturated heterocycles. The zero-order valence-electron chi connectivity index (χ0n) is 4.63. The maximum absolute atomic E-state index is 4.33. The summed E-state index contributed by atoms with van der Waals surface area (Å²) in [6.45, 7) is 2.00. The summed E-state index contributed by atoms with van der Waals surface area (Å²) in [5.41, 5.74) is 0.899. The van der Waals surface area contributed by atoms with Crippen LogP contribution in [-0.4, -0.2) is 5.71 Å². The van der Waals surface area contributed by atoms with Crippen molar-refractivity contribution < 1.29 is 9.88 Å². The summed E-state index contributed by atoms with van der Waals surface area (Å²) < 4.78 is 0. The molecule has 0 aromatic rings. The first-order valence-corrected chi connectivity index (χ1v) is 2.49. The highest BCUT2D eigenvalue weighted by Gasteiger charge is 1.94. The molecule has 0 saturated carbocycles. The molecule has 1 aliphatic heterocycles. The van der Waals surface area contributed by atoms with Crippen molar-refractivity contribution in [2.75, 3.05) is 0 Å². The fraction of sp³-hybridized carbons (Fsp3) is 0.400. The maximum atomic E-state index is 4.33. The van der Waals surface area contributed by atoms with Crippen LogP contribution in [0.4, 0.5) is 0 Å². The van der Waals surface area contributed by atoms with E-state index in [-0.39, 0.29) is 0 Å². The first-order chi connectivity index (χ1) is 3.93. The lowest BCUT2D eigenvalue weighted by Crippen LogP contribution is -1.97. The van der Waals surface area contributed by atoms with Crippen LogP contribution in [0, 0.1) is 0 Å². The van der Waals surface area contributed by atoms with Crippen molar-refractivity contribution in [1.82, 2.24) is 0 Å². The van der Waals surface area contributed by atoms with E-state index in [9.17, 15) is 0 Å². The van der Waals surface area contributed by atoms with Crippen LogP contribution < -0.4 is 0 Å². The van der Waals surface area contributed by atoms with Crippen LogP contribution in [0.1, 0.15) is 13.3 Å². The third kappa shape index (κ3) is 0.992. The van der Waals surface area contributed by atoms with Gasteiger partial charge >= 0.3 is 0 Å². The molecule has 1 heterocycles. The molecule has 0 atom stereocenters. The van der Waals surface area contributed by atoms with Crippen molar-refractivity contribution in [2.24, 2.45) is 5.16 Å². The van der Waals surface area contributed by atoms with Gasteiger partial charge in [0.25, 0.3) is 0 Å². The predicted molar refractivity (Wildman–Crippen MR) is 29.0 cm³/mol. The van der Waals surface area contributed by atoms with Gasteiger partial charge in [0.05, 0.1) is 5.71 Å². The van der Waals surface area contributed by atoms with Gasteiger partial charge in [0.2, 0.25) is 0 Å². The van der Waals surface area contributed by atoms with Gasteiger partial charge in [0.1, 0.15) is 6.26 Å². The summed E-state index contributed by atoms with van der Waals surface area (Å²) in [7, 11) is 0. The highest BCUT2D eigenvalue weighted by Crippen LogP contribution is 1.96. The Kier molecular flexibility index (Phi) is 1.51. The second kappa shape index (κ2) is 2.35. The average Bonchev–Trinajstić information content (AvgIpc) is 1.90. The van der Waals surface area contributed by atoms with E-state index in [4.69, 9.17) is 0 Å². The van der Waals surface area contributed by atoms with Crippen molar-refractivity contribution >= 4 is 5.71 Å². The Morgan fingerprint density at radius 2 is 2.62 bits per heavy atom. The smallest absolute Gasteiger partial charge is 0.147 e. The Bertz CT molecular complexity index is 128. The summed E-state index contributed by atoms with van der Waals surface area (Å²) in [4.78, 5) is 8.61.